The molecule has 2 rings (SSSR count). The molecule has 4 heteroatoms. The maximum Gasteiger partial charge on any atom is 0.135 e. The molecule has 1 fully saturated rings. The number of rotatable bonds is 7. The highest BCUT2D eigenvalue weighted by Gasteiger charge is 2.47. The van der Waals surface area contributed by atoms with Gasteiger partial charge in [-0.05, 0) is 56.7 Å². The topological polar surface area (TPSA) is 77.8 Å². The van der Waals surface area contributed by atoms with E-state index in [1.54, 1.807) is 12.1 Å². The molecule has 0 amide bonds. The van der Waals surface area contributed by atoms with Gasteiger partial charge in [-0.25, -0.2) is 0 Å². The molecule has 4 nitrogen and oxygen atoms in total. The number of aliphatic hydroxyl groups excluding tert-OH is 1. The lowest BCUT2D eigenvalue weighted by molar-refractivity contribution is -0.123. The quantitative estimate of drug-likeness (QED) is 0.513. The van der Waals surface area contributed by atoms with E-state index in [9.17, 15) is 20.1 Å². The lowest BCUT2D eigenvalue weighted by Crippen LogP contribution is -2.25. The van der Waals surface area contributed by atoms with Crippen molar-refractivity contribution in [2.24, 2.45) is 11.8 Å². The van der Waals surface area contributed by atoms with Gasteiger partial charge in [-0.1, -0.05) is 31.9 Å². The minimum Gasteiger partial charge on any atom is -0.508 e. The number of hydrogen-bond acceptors (Lipinski definition) is 4. The maximum absolute atomic E-state index is 11.9. The first-order chi connectivity index (χ1) is 11.8. The second-order valence-electron chi connectivity index (χ2n) is 7.43. The van der Waals surface area contributed by atoms with Crippen molar-refractivity contribution in [2.75, 3.05) is 0 Å². The van der Waals surface area contributed by atoms with Crippen molar-refractivity contribution in [3.8, 4) is 11.5 Å². The van der Waals surface area contributed by atoms with Crippen LogP contribution in [0, 0.1) is 11.8 Å². The van der Waals surface area contributed by atoms with E-state index in [0.29, 0.717) is 12.0 Å². The SMILES string of the molecule is C=C(C)[C@@H]1C[C@@H](C(C)=O)[C@H](O)[C@@H]1c1c(O)cc(CCCCC)cc1O. The number of aryl methyl sites for hydroxylation is 1. The molecule has 138 valence electrons. The van der Waals surface area contributed by atoms with Gasteiger partial charge in [-0.3, -0.25) is 4.79 Å². The van der Waals surface area contributed by atoms with E-state index >= 15 is 0 Å². The third kappa shape index (κ3) is 4.06. The average molecular weight is 346 g/mol. The standard InChI is InChI=1S/C21H30O4/c1-5-6-7-8-14-9-17(23)20(18(24)10-14)19-15(12(2)3)11-16(13(4)22)21(19)25/h9-10,15-16,19,21,23-25H,2,5-8,11H2,1,3-4H3/t15-,16-,19-,21-/m0/s1. The number of allylic oxidation sites excluding steroid dienone is 1. The Labute approximate surface area is 150 Å². The zero-order valence-electron chi connectivity index (χ0n) is 15.5. The molecule has 0 unspecified atom stereocenters. The van der Waals surface area contributed by atoms with Crippen LogP contribution in [0.2, 0.25) is 0 Å². The number of aromatic hydroxyl groups is 2. The molecule has 0 heterocycles. The van der Waals surface area contributed by atoms with Crippen LogP contribution in [0.3, 0.4) is 0 Å². The third-order valence-electron chi connectivity index (χ3n) is 5.48. The zero-order valence-corrected chi connectivity index (χ0v) is 15.5. The Morgan fingerprint density at radius 1 is 1.16 bits per heavy atom. The Bertz CT molecular complexity index is 626. The van der Waals surface area contributed by atoms with Crippen molar-refractivity contribution in [1.82, 2.24) is 0 Å². The second-order valence-corrected chi connectivity index (χ2v) is 7.43. The Morgan fingerprint density at radius 3 is 2.24 bits per heavy atom. The van der Waals surface area contributed by atoms with Crippen LogP contribution in [0.25, 0.3) is 0 Å². The molecule has 1 aromatic rings. The van der Waals surface area contributed by atoms with Crippen LogP contribution in [-0.2, 0) is 11.2 Å². The Balaban J connectivity index is 2.38. The van der Waals surface area contributed by atoms with E-state index in [2.05, 4.69) is 13.5 Å². The van der Waals surface area contributed by atoms with Gasteiger partial charge in [0.25, 0.3) is 0 Å². The van der Waals surface area contributed by atoms with Crippen LogP contribution in [0.5, 0.6) is 11.5 Å². The lowest BCUT2D eigenvalue weighted by Gasteiger charge is -2.25. The fraction of sp³-hybridized carbons (Fsp3) is 0.571. The van der Waals surface area contributed by atoms with Crippen LogP contribution < -0.4 is 0 Å². The number of carbonyl (C=O) groups excluding carboxylic acids is 1. The van der Waals surface area contributed by atoms with Crippen molar-refractivity contribution in [2.45, 2.75) is 64.9 Å². The fourth-order valence-corrected chi connectivity index (χ4v) is 4.08. The molecule has 25 heavy (non-hydrogen) atoms. The van der Waals surface area contributed by atoms with Crippen molar-refractivity contribution in [3.05, 3.63) is 35.4 Å². The molecule has 1 aliphatic rings. The average Bonchev–Trinajstić information content (AvgIpc) is 2.85. The first kappa shape index (κ1) is 19.5. The first-order valence-electron chi connectivity index (χ1n) is 9.16. The second kappa shape index (κ2) is 8.05. The highest BCUT2D eigenvalue weighted by atomic mass is 16.3. The van der Waals surface area contributed by atoms with Gasteiger partial charge >= 0.3 is 0 Å². The van der Waals surface area contributed by atoms with E-state index in [1.165, 1.54) is 6.92 Å². The smallest absolute Gasteiger partial charge is 0.135 e. The summed E-state index contributed by atoms with van der Waals surface area (Å²) in [6.45, 7) is 9.45. The van der Waals surface area contributed by atoms with E-state index < -0.39 is 17.9 Å². The third-order valence-corrected chi connectivity index (χ3v) is 5.48. The van der Waals surface area contributed by atoms with Gasteiger partial charge in [0.05, 0.1) is 6.10 Å². The van der Waals surface area contributed by atoms with E-state index in [4.69, 9.17) is 0 Å². The molecule has 1 aliphatic carbocycles. The van der Waals surface area contributed by atoms with Crippen LogP contribution in [0.15, 0.2) is 24.3 Å². The predicted octanol–water partition coefficient (Wildman–Crippen LogP) is 4.08. The number of benzene rings is 1. The number of aliphatic hydroxyl groups is 1. The monoisotopic (exact) mass is 346 g/mol. The largest absolute Gasteiger partial charge is 0.508 e. The molecule has 1 aromatic carbocycles. The van der Waals surface area contributed by atoms with Crippen LogP contribution in [-0.4, -0.2) is 27.2 Å². The molecular formula is C21H30O4. The van der Waals surface area contributed by atoms with Crippen LogP contribution in [0.4, 0.5) is 0 Å². The summed E-state index contributed by atoms with van der Waals surface area (Å²) < 4.78 is 0. The molecule has 3 N–H and O–H groups in total. The van der Waals surface area contributed by atoms with Gasteiger partial charge in [0.2, 0.25) is 0 Å². The van der Waals surface area contributed by atoms with Gasteiger partial charge in [0.1, 0.15) is 17.3 Å². The Morgan fingerprint density at radius 2 is 1.76 bits per heavy atom. The maximum atomic E-state index is 11.9. The molecular weight excluding hydrogens is 316 g/mol. The van der Waals surface area contributed by atoms with E-state index in [-0.39, 0.29) is 23.2 Å². The highest BCUT2D eigenvalue weighted by molar-refractivity contribution is 5.80. The summed E-state index contributed by atoms with van der Waals surface area (Å²) in [6.07, 6.45) is 3.57. The van der Waals surface area contributed by atoms with Crippen molar-refractivity contribution in [1.29, 1.82) is 0 Å². The van der Waals surface area contributed by atoms with Crippen molar-refractivity contribution in [3.63, 3.8) is 0 Å². The van der Waals surface area contributed by atoms with Crippen molar-refractivity contribution < 1.29 is 20.1 Å². The molecule has 1 saturated carbocycles. The summed E-state index contributed by atoms with van der Waals surface area (Å²) in [4.78, 5) is 11.9. The zero-order chi connectivity index (χ0) is 18.7. The Hall–Kier alpha value is -1.81. The van der Waals surface area contributed by atoms with Gasteiger partial charge in [-0.2, -0.15) is 0 Å². The fourth-order valence-electron chi connectivity index (χ4n) is 4.08. The summed E-state index contributed by atoms with van der Waals surface area (Å²) in [5.74, 6) is -1.24. The van der Waals surface area contributed by atoms with Gasteiger partial charge in [0.15, 0.2) is 0 Å². The van der Waals surface area contributed by atoms with Gasteiger partial charge < -0.3 is 15.3 Å². The van der Waals surface area contributed by atoms with E-state index in [1.807, 2.05) is 6.92 Å². The van der Waals surface area contributed by atoms with Crippen LogP contribution in [0.1, 0.15) is 63.5 Å². The minimum atomic E-state index is -0.929. The van der Waals surface area contributed by atoms with Crippen molar-refractivity contribution >= 4 is 5.78 Å². The number of ketones is 1. The molecule has 4 atom stereocenters. The van der Waals surface area contributed by atoms with Gasteiger partial charge in [-0.15, -0.1) is 0 Å². The minimum absolute atomic E-state index is 0.00833. The highest BCUT2D eigenvalue weighted by Crippen LogP contribution is 2.51. The molecule has 0 aromatic heterocycles. The summed E-state index contributed by atoms with van der Waals surface area (Å²) >= 11 is 0. The van der Waals surface area contributed by atoms with Crippen LogP contribution >= 0.6 is 0 Å². The van der Waals surface area contributed by atoms with Gasteiger partial charge in [0, 0.05) is 17.4 Å². The number of hydrogen-bond donors (Lipinski definition) is 3. The molecule has 0 spiro atoms. The molecule has 0 saturated heterocycles. The summed E-state index contributed by atoms with van der Waals surface area (Å²) in [6, 6.07) is 3.35. The predicted molar refractivity (Wildman–Crippen MR) is 98.8 cm³/mol. The number of carbonyl (C=O) groups is 1. The number of unbranched alkanes of at least 4 members (excludes halogenated alkanes) is 2. The summed E-state index contributed by atoms with van der Waals surface area (Å²) in [5, 5.41) is 31.8. The molecule has 0 aliphatic heterocycles. The summed E-state index contributed by atoms with van der Waals surface area (Å²) in [7, 11) is 0. The molecule has 0 bridgehead atoms. The number of Topliss-reactive ketones (excluding diaryl/α,β-unsaturated/α-hetero) is 1. The Kier molecular flexibility index (Phi) is 6.28. The number of phenols is 2. The summed E-state index contributed by atoms with van der Waals surface area (Å²) in [5.41, 5.74) is 2.07. The first-order valence-corrected chi connectivity index (χ1v) is 9.16. The van der Waals surface area contributed by atoms with E-state index in [0.717, 1.165) is 36.8 Å². The lowest BCUT2D eigenvalue weighted by atomic mass is 9.82. The normalized spacial score (nSPS) is 25.9. The molecule has 0 radical (unpaired) electrons. The number of phenolic OH excluding ortho intramolecular Hbond substituents is 2.